The molecule has 2 aromatic rings. The monoisotopic (exact) mass is 393 g/mol. The number of carboxylic acid groups (broad SMARTS) is 1. The van der Waals surface area contributed by atoms with Crippen LogP contribution in [-0.2, 0) is 22.3 Å². The minimum Gasteiger partial charge on any atom is -0.481 e. The molecule has 4 nitrogen and oxygen atoms in total. The summed E-state index contributed by atoms with van der Waals surface area (Å²) in [6, 6.07) is 12.6. The van der Waals surface area contributed by atoms with Gasteiger partial charge in [0, 0.05) is 25.3 Å². The van der Waals surface area contributed by atoms with Crippen molar-refractivity contribution in [2.24, 2.45) is 0 Å². The van der Waals surface area contributed by atoms with E-state index in [-0.39, 0.29) is 6.42 Å². The molecule has 150 valence electrons. The van der Waals surface area contributed by atoms with Gasteiger partial charge in [0.1, 0.15) is 0 Å². The molecule has 1 fully saturated rings. The summed E-state index contributed by atoms with van der Waals surface area (Å²) >= 11 is 0. The number of halogens is 3. The lowest BCUT2D eigenvalue weighted by molar-refractivity contribution is -0.140. The lowest BCUT2D eigenvalue weighted by Crippen LogP contribution is -2.50. The lowest BCUT2D eigenvalue weighted by atomic mass is 9.86. The Labute approximate surface area is 161 Å². The van der Waals surface area contributed by atoms with Gasteiger partial charge in [0.25, 0.3) is 0 Å². The SMILES string of the molecule is O=C(O)CC1(NCc2ccc(-c3ccc(C(F)(F)F)cc3)cc2)CCOCC1. The molecule has 0 spiro atoms. The van der Waals surface area contributed by atoms with Gasteiger partial charge in [-0.25, -0.2) is 0 Å². The summed E-state index contributed by atoms with van der Waals surface area (Å²) in [5, 5.41) is 12.6. The lowest BCUT2D eigenvalue weighted by Gasteiger charge is -2.37. The van der Waals surface area contributed by atoms with Gasteiger partial charge in [-0.3, -0.25) is 4.79 Å². The van der Waals surface area contributed by atoms with Gasteiger partial charge in [0.05, 0.1) is 12.0 Å². The Morgan fingerprint density at radius 3 is 2.04 bits per heavy atom. The number of rotatable bonds is 6. The van der Waals surface area contributed by atoms with Crippen LogP contribution in [0.15, 0.2) is 48.5 Å². The Morgan fingerprint density at radius 1 is 1.00 bits per heavy atom. The Morgan fingerprint density at radius 2 is 1.54 bits per heavy atom. The number of ether oxygens (including phenoxy) is 1. The Kier molecular flexibility index (Phi) is 6.05. The molecule has 0 aliphatic carbocycles. The number of carbonyl (C=O) groups is 1. The van der Waals surface area contributed by atoms with E-state index in [0.717, 1.165) is 23.3 Å². The van der Waals surface area contributed by atoms with Crippen molar-refractivity contribution < 1.29 is 27.8 Å². The molecule has 3 rings (SSSR count). The zero-order chi connectivity index (χ0) is 20.2. The van der Waals surface area contributed by atoms with Crippen molar-refractivity contribution in [1.82, 2.24) is 5.32 Å². The van der Waals surface area contributed by atoms with Crippen LogP contribution in [0.5, 0.6) is 0 Å². The summed E-state index contributed by atoms with van der Waals surface area (Å²) in [5.41, 5.74) is 1.36. The number of nitrogens with one attached hydrogen (secondary N) is 1. The van der Waals surface area contributed by atoms with E-state index in [9.17, 15) is 23.1 Å². The normalized spacial score (nSPS) is 16.7. The van der Waals surface area contributed by atoms with Crippen LogP contribution in [0.25, 0.3) is 11.1 Å². The number of benzene rings is 2. The van der Waals surface area contributed by atoms with Gasteiger partial charge in [-0.05, 0) is 41.7 Å². The van der Waals surface area contributed by atoms with Crippen molar-refractivity contribution in [3.8, 4) is 11.1 Å². The third-order valence-corrected chi connectivity index (χ3v) is 5.11. The highest BCUT2D eigenvalue weighted by Crippen LogP contribution is 2.31. The largest absolute Gasteiger partial charge is 0.481 e. The molecule has 1 aliphatic rings. The molecule has 1 aliphatic heterocycles. The van der Waals surface area contributed by atoms with Crippen molar-refractivity contribution in [2.75, 3.05) is 13.2 Å². The van der Waals surface area contributed by atoms with Crippen LogP contribution in [0.3, 0.4) is 0 Å². The number of alkyl halides is 3. The molecule has 28 heavy (non-hydrogen) atoms. The van der Waals surface area contributed by atoms with Crippen LogP contribution in [-0.4, -0.2) is 29.8 Å². The molecular weight excluding hydrogens is 371 g/mol. The zero-order valence-electron chi connectivity index (χ0n) is 15.3. The molecule has 0 unspecified atom stereocenters. The standard InChI is InChI=1S/C21H22F3NO3/c22-21(23,24)18-7-5-17(6-8-18)16-3-1-15(2-4-16)14-25-20(13-19(26)27)9-11-28-12-10-20/h1-8,25H,9-14H2,(H,26,27). The third-order valence-electron chi connectivity index (χ3n) is 5.11. The van der Waals surface area contributed by atoms with E-state index in [1.54, 1.807) is 0 Å². The molecule has 0 radical (unpaired) electrons. The highest BCUT2D eigenvalue weighted by Gasteiger charge is 2.34. The van der Waals surface area contributed by atoms with Gasteiger partial charge in [-0.1, -0.05) is 36.4 Å². The topological polar surface area (TPSA) is 58.6 Å². The van der Waals surface area contributed by atoms with Crippen LogP contribution in [0.2, 0.25) is 0 Å². The molecule has 0 bridgehead atoms. The molecule has 1 heterocycles. The summed E-state index contributed by atoms with van der Waals surface area (Å²) in [6.07, 6.45) is -3.02. The first-order valence-corrected chi connectivity index (χ1v) is 9.09. The van der Waals surface area contributed by atoms with E-state index in [0.29, 0.717) is 38.2 Å². The van der Waals surface area contributed by atoms with Crippen molar-refractivity contribution in [2.45, 2.75) is 37.5 Å². The minimum atomic E-state index is -4.34. The van der Waals surface area contributed by atoms with Gasteiger partial charge >= 0.3 is 12.1 Å². The van der Waals surface area contributed by atoms with Crippen molar-refractivity contribution in [1.29, 1.82) is 0 Å². The van der Waals surface area contributed by atoms with Gasteiger partial charge in [0.15, 0.2) is 0 Å². The molecule has 0 aromatic heterocycles. The summed E-state index contributed by atoms with van der Waals surface area (Å²) < 4.78 is 43.4. The average molecular weight is 393 g/mol. The van der Waals surface area contributed by atoms with E-state index in [1.165, 1.54) is 12.1 Å². The number of hydrogen-bond acceptors (Lipinski definition) is 3. The average Bonchev–Trinajstić information content (AvgIpc) is 2.66. The summed E-state index contributed by atoms with van der Waals surface area (Å²) in [5.74, 6) is -0.841. The van der Waals surface area contributed by atoms with Gasteiger partial charge in [-0.15, -0.1) is 0 Å². The van der Waals surface area contributed by atoms with Crippen molar-refractivity contribution in [3.63, 3.8) is 0 Å². The zero-order valence-corrected chi connectivity index (χ0v) is 15.3. The van der Waals surface area contributed by atoms with Gasteiger partial charge in [-0.2, -0.15) is 13.2 Å². The van der Waals surface area contributed by atoms with Crippen LogP contribution >= 0.6 is 0 Å². The second-order valence-corrected chi connectivity index (χ2v) is 7.09. The van der Waals surface area contributed by atoms with E-state index < -0.39 is 23.2 Å². The fourth-order valence-corrected chi connectivity index (χ4v) is 3.42. The summed E-state index contributed by atoms with van der Waals surface area (Å²) in [4.78, 5) is 11.2. The minimum absolute atomic E-state index is 0.0417. The molecule has 0 saturated carbocycles. The second-order valence-electron chi connectivity index (χ2n) is 7.09. The number of carboxylic acids is 1. The fraction of sp³-hybridized carbons (Fsp3) is 0.381. The van der Waals surface area contributed by atoms with E-state index in [2.05, 4.69) is 5.32 Å². The maximum absolute atomic E-state index is 12.7. The summed E-state index contributed by atoms with van der Waals surface area (Å²) in [7, 11) is 0. The highest BCUT2D eigenvalue weighted by atomic mass is 19.4. The Hall–Kier alpha value is -2.38. The molecule has 7 heteroatoms. The predicted molar refractivity (Wildman–Crippen MR) is 98.8 cm³/mol. The molecule has 0 amide bonds. The molecule has 2 N–H and O–H groups in total. The first-order valence-electron chi connectivity index (χ1n) is 9.09. The summed E-state index contributed by atoms with van der Waals surface area (Å²) in [6.45, 7) is 1.58. The van der Waals surface area contributed by atoms with E-state index >= 15 is 0 Å². The van der Waals surface area contributed by atoms with Crippen molar-refractivity contribution >= 4 is 5.97 Å². The second kappa shape index (κ2) is 8.32. The first kappa shape index (κ1) is 20.4. The maximum Gasteiger partial charge on any atom is 0.416 e. The maximum atomic E-state index is 12.7. The quantitative estimate of drug-likeness (QED) is 0.760. The molecule has 1 saturated heterocycles. The van der Waals surface area contributed by atoms with Gasteiger partial charge in [0.2, 0.25) is 0 Å². The number of hydrogen-bond donors (Lipinski definition) is 2. The predicted octanol–water partition coefficient (Wildman–Crippen LogP) is 4.49. The van der Waals surface area contributed by atoms with E-state index in [1.807, 2.05) is 24.3 Å². The van der Waals surface area contributed by atoms with Crippen LogP contribution in [0.4, 0.5) is 13.2 Å². The third kappa shape index (κ3) is 5.11. The Balaban J connectivity index is 1.66. The highest BCUT2D eigenvalue weighted by molar-refractivity contribution is 5.68. The van der Waals surface area contributed by atoms with Crippen LogP contribution < -0.4 is 5.32 Å². The van der Waals surface area contributed by atoms with Crippen LogP contribution in [0, 0.1) is 0 Å². The smallest absolute Gasteiger partial charge is 0.416 e. The van der Waals surface area contributed by atoms with Crippen LogP contribution in [0.1, 0.15) is 30.4 Å². The Bertz CT molecular complexity index is 795. The molecular formula is C21H22F3NO3. The van der Waals surface area contributed by atoms with Crippen molar-refractivity contribution in [3.05, 3.63) is 59.7 Å². The number of aliphatic carboxylic acids is 1. The molecule has 0 atom stereocenters. The first-order chi connectivity index (χ1) is 13.3. The molecule has 2 aromatic carbocycles. The fourth-order valence-electron chi connectivity index (χ4n) is 3.42. The van der Waals surface area contributed by atoms with Gasteiger partial charge < -0.3 is 15.2 Å². The van der Waals surface area contributed by atoms with E-state index in [4.69, 9.17) is 4.74 Å².